The van der Waals surface area contributed by atoms with Crippen molar-refractivity contribution in [2.24, 2.45) is 0 Å². The van der Waals surface area contributed by atoms with Crippen molar-refractivity contribution in [2.45, 2.75) is 25.8 Å². The van der Waals surface area contributed by atoms with Gasteiger partial charge in [-0.05, 0) is 31.4 Å². The van der Waals surface area contributed by atoms with E-state index in [9.17, 15) is 0 Å². The lowest BCUT2D eigenvalue weighted by Gasteiger charge is -2.25. The van der Waals surface area contributed by atoms with Gasteiger partial charge in [-0.1, -0.05) is 12.1 Å². The van der Waals surface area contributed by atoms with Crippen LogP contribution in [-0.4, -0.2) is 19.3 Å². The Labute approximate surface area is 96.0 Å². The van der Waals surface area contributed by atoms with E-state index >= 15 is 0 Å². The fourth-order valence-electron chi connectivity index (χ4n) is 2.01. The minimum Gasteiger partial charge on any atom is -0.379 e. The van der Waals surface area contributed by atoms with E-state index in [1.165, 1.54) is 0 Å². The second-order valence-electron chi connectivity index (χ2n) is 4.17. The van der Waals surface area contributed by atoms with Crippen molar-refractivity contribution in [3.8, 4) is 6.07 Å². The Balaban J connectivity index is 2.16. The summed E-state index contributed by atoms with van der Waals surface area (Å²) in [5.41, 5.74) is 2.79. The SMILES string of the molecule is Cc1cccc(C#N)c1NC1CCCOC1. The van der Waals surface area contributed by atoms with Crippen molar-refractivity contribution in [2.75, 3.05) is 18.5 Å². The fraction of sp³-hybridized carbons (Fsp3) is 0.462. The van der Waals surface area contributed by atoms with Gasteiger partial charge in [-0.3, -0.25) is 0 Å². The van der Waals surface area contributed by atoms with Crippen LogP contribution in [0.4, 0.5) is 5.69 Å². The van der Waals surface area contributed by atoms with Crippen LogP contribution in [-0.2, 0) is 4.74 Å². The molecule has 1 aliphatic heterocycles. The second-order valence-corrected chi connectivity index (χ2v) is 4.17. The van der Waals surface area contributed by atoms with E-state index in [0.29, 0.717) is 11.6 Å². The summed E-state index contributed by atoms with van der Waals surface area (Å²) in [5.74, 6) is 0. The van der Waals surface area contributed by atoms with Gasteiger partial charge in [0.05, 0.1) is 17.9 Å². The van der Waals surface area contributed by atoms with E-state index in [-0.39, 0.29) is 0 Å². The summed E-state index contributed by atoms with van der Waals surface area (Å²) in [6.45, 7) is 3.61. The van der Waals surface area contributed by atoms with Gasteiger partial charge in [0.1, 0.15) is 6.07 Å². The van der Waals surface area contributed by atoms with Crippen molar-refractivity contribution < 1.29 is 4.74 Å². The zero-order chi connectivity index (χ0) is 11.4. The Hall–Kier alpha value is -1.53. The van der Waals surface area contributed by atoms with Crippen LogP contribution >= 0.6 is 0 Å². The van der Waals surface area contributed by atoms with Crippen LogP contribution in [0.2, 0.25) is 0 Å². The van der Waals surface area contributed by atoms with Crippen LogP contribution in [0, 0.1) is 18.3 Å². The third kappa shape index (κ3) is 2.34. The van der Waals surface area contributed by atoms with Gasteiger partial charge in [-0.15, -0.1) is 0 Å². The molecule has 1 saturated heterocycles. The Morgan fingerprint density at radius 1 is 1.50 bits per heavy atom. The zero-order valence-corrected chi connectivity index (χ0v) is 9.49. The number of para-hydroxylation sites is 1. The standard InChI is InChI=1S/C13H16N2O/c1-10-4-2-5-11(8-14)13(10)15-12-6-3-7-16-9-12/h2,4-5,12,15H,3,6-7,9H2,1H3. The number of rotatable bonds is 2. The summed E-state index contributed by atoms with van der Waals surface area (Å²) < 4.78 is 5.42. The third-order valence-electron chi connectivity index (χ3n) is 2.90. The van der Waals surface area contributed by atoms with Gasteiger partial charge in [0.25, 0.3) is 0 Å². The number of anilines is 1. The van der Waals surface area contributed by atoms with Gasteiger partial charge in [0.2, 0.25) is 0 Å². The Bertz CT molecular complexity index is 403. The number of nitrogens with one attached hydrogen (secondary N) is 1. The molecule has 3 heteroatoms. The van der Waals surface area contributed by atoms with E-state index < -0.39 is 0 Å². The summed E-state index contributed by atoms with van der Waals surface area (Å²) in [7, 11) is 0. The number of nitriles is 1. The number of nitrogens with zero attached hydrogens (tertiary/aromatic N) is 1. The lowest BCUT2D eigenvalue weighted by atomic mass is 10.1. The van der Waals surface area contributed by atoms with Crippen LogP contribution in [0.25, 0.3) is 0 Å². The molecule has 1 atom stereocenters. The Morgan fingerprint density at radius 2 is 2.38 bits per heavy atom. The molecule has 3 nitrogen and oxygen atoms in total. The Kier molecular flexibility index (Phi) is 3.43. The summed E-state index contributed by atoms with van der Waals surface area (Å²) >= 11 is 0. The first-order valence-electron chi connectivity index (χ1n) is 5.65. The molecule has 0 amide bonds. The van der Waals surface area contributed by atoms with Crippen molar-refractivity contribution in [3.05, 3.63) is 29.3 Å². The van der Waals surface area contributed by atoms with E-state index in [1.54, 1.807) is 0 Å². The quantitative estimate of drug-likeness (QED) is 0.826. The summed E-state index contributed by atoms with van der Waals surface area (Å²) in [6.07, 6.45) is 2.20. The van der Waals surface area contributed by atoms with Crippen LogP contribution in [0.15, 0.2) is 18.2 Å². The van der Waals surface area contributed by atoms with Gasteiger partial charge < -0.3 is 10.1 Å². The molecule has 1 aromatic carbocycles. The summed E-state index contributed by atoms with van der Waals surface area (Å²) in [5, 5.41) is 12.5. The van der Waals surface area contributed by atoms with Gasteiger partial charge in [-0.2, -0.15) is 5.26 Å². The third-order valence-corrected chi connectivity index (χ3v) is 2.90. The molecule has 16 heavy (non-hydrogen) atoms. The molecule has 2 rings (SSSR count). The predicted molar refractivity (Wildman–Crippen MR) is 63.4 cm³/mol. The molecule has 0 saturated carbocycles. The molecule has 0 aromatic heterocycles. The van der Waals surface area contributed by atoms with Crippen LogP contribution < -0.4 is 5.32 Å². The van der Waals surface area contributed by atoms with E-state index in [0.717, 1.165) is 37.3 Å². The highest BCUT2D eigenvalue weighted by Crippen LogP contribution is 2.22. The molecule has 0 spiro atoms. The van der Waals surface area contributed by atoms with Crippen LogP contribution in [0.3, 0.4) is 0 Å². The number of hydrogen-bond acceptors (Lipinski definition) is 3. The maximum absolute atomic E-state index is 9.05. The molecule has 1 fully saturated rings. The van der Waals surface area contributed by atoms with Crippen LogP contribution in [0.1, 0.15) is 24.0 Å². The topological polar surface area (TPSA) is 45.0 Å². The number of hydrogen-bond donors (Lipinski definition) is 1. The molecule has 0 aliphatic carbocycles. The maximum atomic E-state index is 9.05. The lowest BCUT2D eigenvalue weighted by Crippen LogP contribution is -2.30. The smallest absolute Gasteiger partial charge is 0.101 e. The van der Waals surface area contributed by atoms with Gasteiger partial charge >= 0.3 is 0 Å². The van der Waals surface area contributed by atoms with E-state index in [2.05, 4.69) is 11.4 Å². The van der Waals surface area contributed by atoms with Crippen molar-refractivity contribution in [1.82, 2.24) is 0 Å². The first-order chi connectivity index (χ1) is 7.81. The summed E-state index contributed by atoms with van der Waals surface area (Å²) in [4.78, 5) is 0. The molecule has 0 bridgehead atoms. The monoisotopic (exact) mass is 216 g/mol. The normalized spacial score (nSPS) is 20.1. The van der Waals surface area contributed by atoms with Gasteiger partial charge in [0.15, 0.2) is 0 Å². The minimum absolute atomic E-state index is 0.335. The molecule has 1 aliphatic rings. The molecular weight excluding hydrogens is 200 g/mol. The van der Waals surface area contributed by atoms with E-state index in [4.69, 9.17) is 10.00 Å². The molecule has 1 N–H and O–H groups in total. The zero-order valence-electron chi connectivity index (χ0n) is 9.49. The first kappa shape index (κ1) is 11.0. The fourth-order valence-corrected chi connectivity index (χ4v) is 2.01. The molecule has 84 valence electrons. The largest absolute Gasteiger partial charge is 0.379 e. The van der Waals surface area contributed by atoms with Crippen molar-refractivity contribution in [3.63, 3.8) is 0 Å². The predicted octanol–water partition coefficient (Wildman–Crippen LogP) is 2.46. The maximum Gasteiger partial charge on any atom is 0.101 e. The molecule has 1 unspecified atom stereocenters. The summed E-state index contributed by atoms with van der Waals surface area (Å²) in [6, 6.07) is 8.34. The minimum atomic E-state index is 0.335. The van der Waals surface area contributed by atoms with Crippen molar-refractivity contribution in [1.29, 1.82) is 5.26 Å². The number of aryl methyl sites for hydroxylation is 1. The molecule has 0 radical (unpaired) electrons. The average Bonchev–Trinajstić information content (AvgIpc) is 2.33. The Morgan fingerprint density at radius 3 is 3.06 bits per heavy atom. The molecule has 1 heterocycles. The second kappa shape index (κ2) is 5.00. The number of benzene rings is 1. The van der Waals surface area contributed by atoms with Crippen LogP contribution in [0.5, 0.6) is 0 Å². The highest BCUT2D eigenvalue weighted by Gasteiger charge is 2.15. The number of ether oxygens (including phenoxy) is 1. The first-order valence-corrected chi connectivity index (χ1v) is 5.65. The van der Waals surface area contributed by atoms with Gasteiger partial charge in [0, 0.05) is 12.6 Å². The van der Waals surface area contributed by atoms with Gasteiger partial charge in [-0.25, -0.2) is 0 Å². The van der Waals surface area contributed by atoms with Crippen molar-refractivity contribution >= 4 is 5.69 Å². The average molecular weight is 216 g/mol. The van der Waals surface area contributed by atoms with E-state index in [1.807, 2.05) is 25.1 Å². The molecule has 1 aromatic rings. The lowest BCUT2D eigenvalue weighted by molar-refractivity contribution is 0.0876. The highest BCUT2D eigenvalue weighted by atomic mass is 16.5. The molecular formula is C13H16N2O. The highest BCUT2D eigenvalue weighted by molar-refractivity contribution is 5.62.